The van der Waals surface area contributed by atoms with E-state index in [1.807, 2.05) is 41.5 Å². The van der Waals surface area contributed by atoms with Gasteiger partial charge in [-0.3, -0.25) is 0 Å². The molecule has 0 radical (unpaired) electrons. The summed E-state index contributed by atoms with van der Waals surface area (Å²) in [6.07, 6.45) is 1.96. The maximum atomic E-state index is 4.65. The van der Waals surface area contributed by atoms with Gasteiger partial charge in [-0.15, -0.1) is 11.3 Å². The van der Waals surface area contributed by atoms with Gasteiger partial charge in [0.25, 0.3) is 0 Å². The first kappa shape index (κ1) is 15.0. The lowest BCUT2D eigenvalue weighted by Crippen LogP contribution is -2.03. The largest absolute Gasteiger partial charge is 0.245 e. The third kappa shape index (κ3) is 2.51. The van der Waals surface area contributed by atoms with E-state index >= 15 is 0 Å². The molecule has 0 unspecified atom stereocenters. The smallest absolute Gasteiger partial charge is 0.154 e. The highest BCUT2D eigenvalue weighted by atomic mass is 32.1. The van der Waals surface area contributed by atoms with Crippen LogP contribution in [-0.2, 0) is 0 Å². The van der Waals surface area contributed by atoms with E-state index in [9.17, 15) is 0 Å². The molecule has 0 saturated carbocycles. The van der Waals surface area contributed by atoms with Crippen molar-refractivity contribution in [2.45, 2.75) is 26.7 Å². The molecule has 24 heavy (non-hydrogen) atoms. The Bertz CT molecular complexity index is 1010. The van der Waals surface area contributed by atoms with Crippen LogP contribution in [0.15, 0.2) is 48.1 Å². The van der Waals surface area contributed by atoms with Gasteiger partial charge in [-0.25, -0.2) is 14.6 Å². The predicted molar refractivity (Wildman–Crippen MR) is 98.8 cm³/mol. The standard InChI is InChI=1S/C19H18N4S/c1-12(2)15-10-21-23(18-6-4-5-13(3)22-18)19(15)14-7-8-16-17(9-14)24-11-20-16/h4-12H,1-3H3. The average molecular weight is 334 g/mol. The van der Waals surface area contributed by atoms with Crippen molar-refractivity contribution < 1.29 is 0 Å². The van der Waals surface area contributed by atoms with Crippen molar-refractivity contribution in [3.05, 3.63) is 59.4 Å². The molecule has 4 aromatic rings. The van der Waals surface area contributed by atoms with Gasteiger partial charge in [-0.2, -0.15) is 5.10 Å². The van der Waals surface area contributed by atoms with Gasteiger partial charge in [-0.1, -0.05) is 26.0 Å². The molecule has 120 valence electrons. The van der Waals surface area contributed by atoms with E-state index in [0.717, 1.165) is 28.3 Å². The number of rotatable bonds is 3. The van der Waals surface area contributed by atoms with Crippen molar-refractivity contribution in [3.63, 3.8) is 0 Å². The number of fused-ring (bicyclic) bond motifs is 1. The fourth-order valence-electron chi connectivity index (χ4n) is 2.90. The second-order valence-corrected chi connectivity index (χ2v) is 7.07. The molecular weight excluding hydrogens is 316 g/mol. The number of benzene rings is 1. The van der Waals surface area contributed by atoms with Crippen molar-refractivity contribution >= 4 is 21.6 Å². The van der Waals surface area contributed by atoms with Crippen molar-refractivity contribution in [2.24, 2.45) is 0 Å². The number of hydrogen-bond donors (Lipinski definition) is 0. The summed E-state index contributed by atoms with van der Waals surface area (Å²) >= 11 is 1.66. The van der Waals surface area contributed by atoms with E-state index < -0.39 is 0 Å². The molecule has 3 aromatic heterocycles. The first-order valence-electron chi connectivity index (χ1n) is 7.99. The van der Waals surface area contributed by atoms with Crippen LogP contribution in [0.25, 0.3) is 27.3 Å². The van der Waals surface area contributed by atoms with Crippen LogP contribution in [0.1, 0.15) is 31.0 Å². The summed E-state index contributed by atoms with van der Waals surface area (Å²) in [6, 6.07) is 12.4. The van der Waals surface area contributed by atoms with Crippen molar-refractivity contribution in [1.82, 2.24) is 19.7 Å². The molecule has 0 saturated heterocycles. The molecule has 5 heteroatoms. The fourth-order valence-corrected chi connectivity index (χ4v) is 3.61. The summed E-state index contributed by atoms with van der Waals surface area (Å²) in [5.41, 5.74) is 7.39. The lowest BCUT2D eigenvalue weighted by atomic mass is 9.99. The average Bonchev–Trinajstić information content (AvgIpc) is 3.20. The number of hydrogen-bond acceptors (Lipinski definition) is 4. The Kier molecular flexibility index (Phi) is 3.65. The monoisotopic (exact) mass is 334 g/mol. The van der Waals surface area contributed by atoms with E-state index in [0.29, 0.717) is 5.92 Å². The predicted octanol–water partition coefficient (Wildman–Crippen LogP) is 4.98. The zero-order chi connectivity index (χ0) is 16.7. The van der Waals surface area contributed by atoms with Crippen LogP contribution in [-0.4, -0.2) is 19.7 Å². The Morgan fingerprint density at radius 1 is 1.12 bits per heavy atom. The summed E-state index contributed by atoms with van der Waals surface area (Å²) in [4.78, 5) is 9.02. The first-order valence-corrected chi connectivity index (χ1v) is 8.87. The molecule has 0 N–H and O–H groups in total. The van der Waals surface area contributed by atoms with Gasteiger partial charge in [0.2, 0.25) is 0 Å². The van der Waals surface area contributed by atoms with E-state index in [1.165, 1.54) is 10.3 Å². The summed E-state index contributed by atoms with van der Waals surface area (Å²) in [5.74, 6) is 1.23. The maximum Gasteiger partial charge on any atom is 0.154 e. The summed E-state index contributed by atoms with van der Waals surface area (Å²) < 4.78 is 3.14. The molecule has 3 heterocycles. The Hall–Kier alpha value is -2.53. The number of aryl methyl sites for hydroxylation is 1. The molecule has 0 aliphatic heterocycles. The molecule has 0 atom stereocenters. The molecule has 1 aromatic carbocycles. The lowest BCUT2D eigenvalue weighted by Gasteiger charge is -2.12. The Morgan fingerprint density at radius 3 is 2.79 bits per heavy atom. The maximum absolute atomic E-state index is 4.65. The quantitative estimate of drug-likeness (QED) is 0.531. The van der Waals surface area contributed by atoms with E-state index in [1.54, 1.807) is 11.3 Å². The van der Waals surface area contributed by atoms with Gasteiger partial charge in [-0.05, 0) is 37.1 Å². The van der Waals surface area contributed by atoms with Crippen LogP contribution in [0.2, 0.25) is 0 Å². The SMILES string of the molecule is Cc1cccc(-n2ncc(C(C)C)c2-c2ccc3ncsc3c2)n1. The molecule has 0 spiro atoms. The van der Waals surface area contributed by atoms with Gasteiger partial charge in [0, 0.05) is 16.8 Å². The zero-order valence-corrected chi connectivity index (χ0v) is 14.7. The van der Waals surface area contributed by atoms with E-state index in [-0.39, 0.29) is 0 Å². The second kappa shape index (κ2) is 5.83. The number of aromatic nitrogens is 4. The molecule has 0 aliphatic rings. The minimum atomic E-state index is 0.385. The molecular formula is C19H18N4S. The van der Waals surface area contributed by atoms with E-state index in [2.05, 4.69) is 47.1 Å². The summed E-state index contributed by atoms with van der Waals surface area (Å²) in [6.45, 7) is 6.39. The van der Waals surface area contributed by atoms with Crippen LogP contribution in [0.3, 0.4) is 0 Å². The summed E-state index contributed by atoms with van der Waals surface area (Å²) in [7, 11) is 0. The highest BCUT2D eigenvalue weighted by molar-refractivity contribution is 7.16. The number of pyridine rings is 1. The normalized spacial score (nSPS) is 11.5. The van der Waals surface area contributed by atoms with Crippen LogP contribution in [0.5, 0.6) is 0 Å². The molecule has 0 bridgehead atoms. The van der Waals surface area contributed by atoms with Gasteiger partial charge in [0.1, 0.15) is 0 Å². The van der Waals surface area contributed by atoms with E-state index in [4.69, 9.17) is 0 Å². The van der Waals surface area contributed by atoms with Crippen LogP contribution < -0.4 is 0 Å². The molecule has 4 nitrogen and oxygen atoms in total. The topological polar surface area (TPSA) is 43.6 Å². The summed E-state index contributed by atoms with van der Waals surface area (Å²) in [5, 5.41) is 4.63. The third-order valence-electron chi connectivity index (χ3n) is 4.11. The Labute approximate surface area is 144 Å². The number of nitrogens with zero attached hydrogens (tertiary/aromatic N) is 4. The second-order valence-electron chi connectivity index (χ2n) is 6.19. The fraction of sp³-hybridized carbons (Fsp3) is 0.211. The highest BCUT2D eigenvalue weighted by Gasteiger charge is 2.18. The van der Waals surface area contributed by atoms with Crippen LogP contribution in [0, 0.1) is 6.92 Å². The third-order valence-corrected chi connectivity index (χ3v) is 4.91. The minimum absolute atomic E-state index is 0.385. The van der Waals surface area contributed by atoms with Crippen LogP contribution >= 0.6 is 11.3 Å². The van der Waals surface area contributed by atoms with Gasteiger partial charge >= 0.3 is 0 Å². The molecule has 0 aliphatic carbocycles. The first-order chi connectivity index (χ1) is 11.6. The van der Waals surface area contributed by atoms with Gasteiger partial charge < -0.3 is 0 Å². The van der Waals surface area contributed by atoms with Crippen molar-refractivity contribution in [1.29, 1.82) is 0 Å². The minimum Gasteiger partial charge on any atom is -0.245 e. The Morgan fingerprint density at radius 2 is 2.00 bits per heavy atom. The zero-order valence-electron chi connectivity index (χ0n) is 13.9. The van der Waals surface area contributed by atoms with Crippen LogP contribution in [0.4, 0.5) is 0 Å². The Balaban J connectivity index is 1.96. The van der Waals surface area contributed by atoms with Gasteiger partial charge in [0.05, 0.1) is 27.6 Å². The highest BCUT2D eigenvalue weighted by Crippen LogP contribution is 2.33. The lowest BCUT2D eigenvalue weighted by molar-refractivity contribution is 0.843. The van der Waals surface area contributed by atoms with Crippen molar-refractivity contribution in [2.75, 3.05) is 0 Å². The molecule has 0 amide bonds. The molecule has 0 fully saturated rings. The number of thiazole rings is 1. The molecule has 4 rings (SSSR count). The van der Waals surface area contributed by atoms with Gasteiger partial charge in [0.15, 0.2) is 5.82 Å². The van der Waals surface area contributed by atoms with Crippen molar-refractivity contribution in [3.8, 4) is 17.1 Å².